The number of benzene rings is 2. The molecular formula is C22H31NaO7S2. The van der Waals surface area contributed by atoms with Crippen molar-refractivity contribution in [3.8, 4) is 11.5 Å². The Bertz CT molecular complexity index is 1000. The molecule has 0 aliphatic carbocycles. The average Bonchev–Trinajstić information content (AvgIpc) is 2.73. The van der Waals surface area contributed by atoms with Crippen LogP contribution in [0.15, 0.2) is 58.3 Å². The van der Waals surface area contributed by atoms with Crippen LogP contribution in [0, 0.1) is 0 Å². The molecular weight excluding hydrogens is 463 g/mol. The Hall–Kier alpha value is -0.940. The van der Waals surface area contributed by atoms with Crippen LogP contribution in [-0.2, 0) is 24.4 Å². The number of rotatable bonds is 14. The van der Waals surface area contributed by atoms with E-state index in [1.54, 1.807) is 0 Å². The molecule has 0 spiro atoms. The normalized spacial score (nSPS) is 11.7. The van der Waals surface area contributed by atoms with Crippen LogP contribution in [0.4, 0.5) is 0 Å². The summed E-state index contributed by atoms with van der Waals surface area (Å²) >= 11 is 0. The summed E-state index contributed by atoms with van der Waals surface area (Å²) in [5.74, 6) is 0.718. The Labute approximate surface area is 213 Å². The molecule has 174 valence electrons. The molecule has 0 unspecified atom stereocenters. The van der Waals surface area contributed by atoms with Gasteiger partial charge >= 0.3 is 29.6 Å². The van der Waals surface area contributed by atoms with Gasteiger partial charge in [0, 0.05) is 0 Å². The zero-order chi connectivity index (χ0) is 22.7. The third-order valence-electron chi connectivity index (χ3n) is 4.71. The summed E-state index contributed by atoms with van der Waals surface area (Å²) in [5.41, 5.74) is 0. The van der Waals surface area contributed by atoms with E-state index in [4.69, 9.17) is 13.5 Å². The minimum absolute atomic E-state index is 0. The second-order valence-corrected chi connectivity index (χ2v) is 10.3. The molecule has 0 bridgehead atoms. The molecule has 0 saturated carbocycles. The van der Waals surface area contributed by atoms with E-state index in [1.807, 2.05) is 0 Å². The molecule has 2 rings (SSSR count). The van der Waals surface area contributed by atoms with Crippen LogP contribution in [-0.4, -0.2) is 57.6 Å². The molecule has 0 fully saturated rings. The second kappa shape index (κ2) is 14.3. The molecule has 0 amide bonds. The summed E-state index contributed by atoms with van der Waals surface area (Å²) in [6.07, 6.45) is 8.90. The van der Waals surface area contributed by atoms with Gasteiger partial charge in [-0.1, -0.05) is 51.9 Å². The first-order valence-electron chi connectivity index (χ1n) is 10.5. The summed E-state index contributed by atoms with van der Waals surface area (Å²) in [7, 11) is -8.10. The van der Waals surface area contributed by atoms with Crippen molar-refractivity contribution < 1.29 is 30.3 Å². The summed E-state index contributed by atoms with van der Waals surface area (Å²) < 4.78 is 66.4. The van der Waals surface area contributed by atoms with Crippen molar-refractivity contribution in [3.63, 3.8) is 0 Å². The van der Waals surface area contributed by atoms with Gasteiger partial charge in [0.1, 0.15) is 11.5 Å². The molecule has 32 heavy (non-hydrogen) atoms. The molecule has 1 N–H and O–H groups in total. The Balaban J connectivity index is 0.00000512. The Morgan fingerprint density at radius 1 is 0.688 bits per heavy atom. The van der Waals surface area contributed by atoms with Gasteiger partial charge in [-0.25, -0.2) is 0 Å². The predicted octanol–water partition coefficient (Wildman–Crippen LogP) is 4.92. The maximum atomic E-state index is 12.3. The Morgan fingerprint density at radius 3 is 1.59 bits per heavy atom. The standard InChI is InChI=1S/C22H30O7S2.Na.H/c1-2-3-4-5-6-7-8-9-18-28-31(26,27)22-16-12-20(13-17-22)29-19-10-14-21(15-11-19)30(23,24)25;;/h10-17H,2-9,18H2,1H3,(H,23,24,25);;. The monoisotopic (exact) mass is 494 g/mol. The molecule has 0 aliphatic heterocycles. The van der Waals surface area contributed by atoms with Gasteiger partial charge in [-0.05, 0) is 55.0 Å². The quantitative estimate of drug-likeness (QED) is 0.172. The van der Waals surface area contributed by atoms with Crippen LogP contribution in [0.3, 0.4) is 0 Å². The first-order chi connectivity index (χ1) is 14.7. The fourth-order valence-corrected chi connectivity index (χ4v) is 4.39. The van der Waals surface area contributed by atoms with Gasteiger partial charge in [-0.2, -0.15) is 16.8 Å². The number of hydrogen-bond donors (Lipinski definition) is 1. The fourth-order valence-electron chi connectivity index (χ4n) is 2.96. The van der Waals surface area contributed by atoms with Crippen molar-refractivity contribution in [2.45, 2.75) is 68.1 Å². The zero-order valence-electron chi connectivity index (χ0n) is 17.7. The van der Waals surface area contributed by atoms with Crippen LogP contribution < -0.4 is 4.74 Å². The Morgan fingerprint density at radius 2 is 1.12 bits per heavy atom. The van der Waals surface area contributed by atoms with Crippen LogP contribution in [0.2, 0.25) is 0 Å². The molecule has 0 radical (unpaired) electrons. The van der Waals surface area contributed by atoms with Crippen molar-refractivity contribution in [2.24, 2.45) is 0 Å². The van der Waals surface area contributed by atoms with Crippen LogP contribution in [0.1, 0.15) is 58.3 Å². The molecule has 7 nitrogen and oxygen atoms in total. The molecule has 0 atom stereocenters. The third kappa shape index (κ3) is 10.3. The molecule has 2 aromatic rings. The third-order valence-corrected chi connectivity index (χ3v) is 6.90. The van der Waals surface area contributed by atoms with Gasteiger partial charge in [-0.15, -0.1) is 0 Å². The van der Waals surface area contributed by atoms with Crippen molar-refractivity contribution in [1.82, 2.24) is 0 Å². The number of unbranched alkanes of at least 4 members (excludes halogenated alkanes) is 7. The molecule has 0 aromatic heterocycles. The van der Waals surface area contributed by atoms with E-state index in [0.717, 1.165) is 12.8 Å². The summed E-state index contributed by atoms with van der Waals surface area (Å²) in [6, 6.07) is 11.0. The molecule has 0 aliphatic rings. The van der Waals surface area contributed by atoms with Crippen LogP contribution in [0.25, 0.3) is 0 Å². The minimum atomic E-state index is -4.27. The van der Waals surface area contributed by atoms with Crippen LogP contribution >= 0.6 is 0 Å². The van der Waals surface area contributed by atoms with Crippen molar-refractivity contribution in [1.29, 1.82) is 0 Å². The first kappa shape index (κ1) is 29.1. The second-order valence-electron chi connectivity index (χ2n) is 7.27. The van der Waals surface area contributed by atoms with E-state index < -0.39 is 20.2 Å². The van der Waals surface area contributed by atoms with E-state index >= 15 is 0 Å². The van der Waals surface area contributed by atoms with Crippen molar-refractivity contribution in [2.75, 3.05) is 6.61 Å². The van der Waals surface area contributed by atoms with Gasteiger partial charge in [0.15, 0.2) is 0 Å². The average molecular weight is 495 g/mol. The van der Waals surface area contributed by atoms with E-state index in [-0.39, 0.29) is 46.0 Å². The SMILES string of the molecule is CCCCCCCCCCOS(=O)(=O)c1ccc(Oc2ccc(S(=O)(=O)O)cc2)cc1.[NaH]. The van der Waals surface area contributed by atoms with E-state index in [2.05, 4.69) is 6.92 Å². The molecule has 10 heteroatoms. The molecule has 0 heterocycles. The summed E-state index contributed by atoms with van der Waals surface area (Å²) in [6.45, 7) is 2.35. The van der Waals surface area contributed by atoms with E-state index in [9.17, 15) is 16.8 Å². The maximum absolute atomic E-state index is 12.3. The van der Waals surface area contributed by atoms with Gasteiger partial charge in [-0.3, -0.25) is 8.74 Å². The van der Waals surface area contributed by atoms with Crippen molar-refractivity contribution >= 4 is 49.8 Å². The van der Waals surface area contributed by atoms with E-state index in [0.29, 0.717) is 17.9 Å². The van der Waals surface area contributed by atoms with Gasteiger partial charge in [0.2, 0.25) is 0 Å². The summed E-state index contributed by atoms with van der Waals surface area (Å²) in [4.78, 5) is -0.198. The molecule has 0 saturated heterocycles. The van der Waals surface area contributed by atoms with Gasteiger partial charge in [0.25, 0.3) is 20.2 Å². The predicted molar refractivity (Wildman–Crippen MR) is 126 cm³/mol. The van der Waals surface area contributed by atoms with Gasteiger partial charge in [0.05, 0.1) is 16.4 Å². The van der Waals surface area contributed by atoms with Crippen molar-refractivity contribution in [3.05, 3.63) is 48.5 Å². The topological polar surface area (TPSA) is 107 Å². The van der Waals surface area contributed by atoms with Crippen LogP contribution in [0.5, 0.6) is 11.5 Å². The fraction of sp³-hybridized carbons (Fsp3) is 0.455. The number of hydrogen-bond acceptors (Lipinski definition) is 6. The van der Waals surface area contributed by atoms with E-state index in [1.165, 1.54) is 80.6 Å². The molecule has 2 aromatic carbocycles. The Kier molecular flexibility index (Phi) is 13.0. The number of ether oxygens (including phenoxy) is 1. The summed E-state index contributed by atoms with van der Waals surface area (Å²) in [5, 5.41) is 0. The zero-order valence-corrected chi connectivity index (χ0v) is 19.3. The van der Waals surface area contributed by atoms with Gasteiger partial charge < -0.3 is 4.74 Å². The first-order valence-corrected chi connectivity index (χ1v) is 13.3.